The van der Waals surface area contributed by atoms with Gasteiger partial charge in [0.15, 0.2) is 0 Å². The molecule has 0 nitrogen and oxygen atoms in total. The molecule has 1 saturated carbocycles. The van der Waals surface area contributed by atoms with Crippen molar-refractivity contribution < 1.29 is 0 Å². The molecular weight excluding hydrogens is 244 g/mol. The minimum atomic E-state index is 1.01. The average Bonchev–Trinajstić information content (AvgIpc) is 2.91. The van der Waals surface area contributed by atoms with Gasteiger partial charge in [-0.05, 0) is 49.4 Å². The van der Waals surface area contributed by atoms with E-state index in [1.807, 2.05) is 11.8 Å². The van der Waals surface area contributed by atoms with E-state index in [-0.39, 0.29) is 0 Å². The molecule has 70 valence electrons. The fourth-order valence-corrected chi connectivity index (χ4v) is 2.64. The second-order valence-electron chi connectivity index (χ2n) is 3.67. The monoisotopic (exact) mass is 256 g/mol. The van der Waals surface area contributed by atoms with Gasteiger partial charge in [0.25, 0.3) is 0 Å². The van der Waals surface area contributed by atoms with Crippen LogP contribution < -0.4 is 0 Å². The van der Waals surface area contributed by atoms with E-state index < -0.39 is 0 Å². The summed E-state index contributed by atoms with van der Waals surface area (Å²) in [5.74, 6) is 2.31. The smallest absolute Gasteiger partial charge is 0.0205 e. The molecule has 0 saturated heterocycles. The van der Waals surface area contributed by atoms with Gasteiger partial charge in [-0.3, -0.25) is 0 Å². The molecule has 0 aliphatic heterocycles. The number of aryl methyl sites for hydroxylation is 1. The summed E-state index contributed by atoms with van der Waals surface area (Å²) < 4.78 is 1.21. The zero-order chi connectivity index (χ0) is 9.26. The zero-order valence-corrected chi connectivity index (χ0v) is 10.1. The van der Waals surface area contributed by atoms with Gasteiger partial charge in [-0.25, -0.2) is 0 Å². The van der Waals surface area contributed by atoms with Crippen molar-refractivity contribution in [2.24, 2.45) is 5.92 Å². The van der Waals surface area contributed by atoms with Crippen LogP contribution in [0.15, 0.2) is 27.6 Å². The Morgan fingerprint density at radius 2 is 2.23 bits per heavy atom. The lowest BCUT2D eigenvalue weighted by Crippen LogP contribution is -1.82. The van der Waals surface area contributed by atoms with Crippen molar-refractivity contribution in [2.45, 2.75) is 24.7 Å². The summed E-state index contributed by atoms with van der Waals surface area (Å²) in [7, 11) is 0. The number of halogens is 1. The van der Waals surface area contributed by atoms with E-state index in [9.17, 15) is 0 Å². The second kappa shape index (κ2) is 4.05. The summed E-state index contributed by atoms with van der Waals surface area (Å²) >= 11 is 5.51. The Hall–Kier alpha value is 0.0500. The zero-order valence-electron chi connectivity index (χ0n) is 7.72. The minimum absolute atomic E-state index is 1.01. The van der Waals surface area contributed by atoms with Gasteiger partial charge in [0.05, 0.1) is 0 Å². The summed E-state index contributed by atoms with van der Waals surface area (Å²) in [5.41, 5.74) is 1.33. The van der Waals surface area contributed by atoms with Crippen LogP contribution in [0.4, 0.5) is 0 Å². The molecule has 0 radical (unpaired) electrons. The number of rotatable bonds is 3. The van der Waals surface area contributed by atoms with Gasteiger partial charge in [0.2, 0.25) is 0 Å². The lowest BCUT2D eigenvalue weighted by atomic mass is 10.2. The van der Waals surface area contributed by atoms with E-state index in [0.29, 0.717) is 0 Å². The highest BCUT2D eigenvalue weighted by molar-refractivity contribution is 9.10. The van der Waals surface area contributed by atoms with Crippen LogP contribution in [-0.4, -0.2) is 5.75 Å². The van der Waals surface area contributed by atoms with Gasteiger partial charge in [0.1, 0.15) is 0 Å². The van der Waals surface area contributed by atoms with E-state index >= 15 is 0 Å². The van der Waals surface area contributed by atoms with Gasteiger partial charge >= 0.3 is 0 Å². The molecule has 1 fully saturated rings. The first kappa shape index (κ1) is 9.60. The Kier molecular flexibility index (Phi) is 2.99. The van der Waals surface area contributed by atoms with E-state index in [0.717, 1.165) is 5.92 Å². The van der Waals surface area contributed by atoms with Gasteiger partial charge in [-0.2, -0.15) is 0 Å². The maximum Gasteiger partial charge on any atom is 0.0205 e. The van der Waals surface area contributed by atoms with Crippen molar-refractivity contribution in [3.8, 4) is 0 Å². The Morgan fingerprint density at radius 1 is 1.46 bits per heavy atom. The molecule has 0 N–H and O–H groups in total. The third-order valence-corrected chi connectivity index (χ3v) is 4.43. The molecule has 1 aliphatic carbocycles. The molecule has 0 bridgehead atoms. The van der Waals surface area contributed by atoms with E-state index in [4.69, 9.17) is 0 Å². The highest BCUT2D eigenvalue weighted by atomic mass is 79.9. The molecule has 0 heterocycles. The number of thioether (sulfide) groups is 1. The largest absolute Gasteiger partial charge is 0.126 e. The normalized spacial score (nSPS) is 16.2. The Labute approximate surface area is 92.2 Å². The van der Waals surface area contributed by atoms with E-state index in [2.05, 4.69) is 41.1 Å². The van der Waals surface area contributed by atoms with Gasteiger partial charge in [0, 0.05) is 15.1 Å². The van der Waals surface area contributed by atoms with E-state index in [1.165, 1.54) is 33.5 Å². The van der Waals surface area contributed by atoms with Gasteiger partial charge in [-0.15, -0.1) is 11.8 Å². The standard InChI is InChI=1S/C11H13BrS/c1-8-6-10(4-5-11(8)12)13-7-9-2-3-9/h4-6,9H,2-3,7H2,1H3. The summed E-state index contributed by atoms with van der Waals surface area (Å²) in [6.45, 7) is 2.14. The van der Waals surface area contributed by atoms with Crippen molar-refractivity contribution in [3.63, 3.8) is 0 Å². The third kappa shape index (κ3) is 2.75. The van der Waals surface area contributed by atoms with Crippen LogP contribution in [0.1, 0.15) is 18.4 Å². The van der Waals surface area contributed by atoms with Gasteiger partial charge < -0.3 is 0 Å². The fraction of sp³-hybridized carbons (Fsp3) is 0.455. The first-order valence-corrected chi connectivity index (χ1v) is 6.42. The van der Waals surface area contributed by atoms with Crippen LogP contribution >= 0.6 is 27.7 Å². The summed E-state index contributed by atoms with van der Waals surface area (Å²) in [6, 6.07) is 6.60. The quantitative estimate of drug-likeness (QED) is 0.729. The predicted octanol–water partition coefficient (Wildman–Crippen LogP) is 4.26. The van der Waals surface area contributed by atoms with Crippen LogP contribution in [0.2, 0.25) is 0 Å². The summed E-state index contributed by atoms with van der Waals surface area (Å²) in [6.07, 6.45) is 2.89. The topological polar surface area (TPSA) is 0 Å². The minimum Gasteiger partial charge on any atom is -0.126 e. The first-order chi connectivity index (χ1) is 6.25. The first-order valence-electron chi connectivity index (χ1n) is 4.64. The molecular formula is C11H13BrS. The maximum absolute atomic E-state index is 3.51. The lowest BCUT2D eigenvalue weighted by molar-refractivity contribution is 1.000. The van der Waals surface area contributed by atoms with Gasteiger partial charge in [-0.1, -0.05) is 15.9 Å². The number of benzene rings is 1. The molecule has 1 aromatic rings. The lowest BCUT2D eigenvalue weighted by Gasteiger charge is -2.03. The highest BCUT2D eigenvalue weighted by Gasteiger charge is 2.20. The van der Waals surface area contributed by atoms with Crippen LogP contribution in [0.3, 0.4) is 0 Å². The SMILES string of the molecule is Cc1cc(SCC2CC2)ccc1Br. The molecule has 0 unspecified atom stereocenters. The van der Waals surface area contributed by atoms with Crippen LogP contribution in [0, 0.1) is 12.8 Å². The molecule has 2 rings (SSSR count). The van der Waals surface area contributed by atoms with E-state index in [1.54, 1.807) is 0 Å². The second-order valence-corrected chi connectivity index (χ2v) is 5.61. The molecule has 0 amide bonds. The molecule has 2 heteroatoms. The molecule has 0 aromatic heterocycles. The molecule has 1 aliphatic rings. The average molecular weight is 257 g/mol. The Morgan fingerprint density at radius 3 is 2.85 bits per heavy atom. The Bertz CT molecular complexity index is 305. The molecule has 0 spiro atoms. The molecule has 13 heavy (non-hydrogen) atoms. The number of hydrogen-bond acceptors (Lipinski definition) is 1. The van der Waals surface area contributed by atoms with Crippen molar-refractivity contribution >= 4 is 27.7 Å². The van der Waals surface area contributed by atoms with Crippen molar-refractivity contribution in [2.75, 3.05) is 5.75 Å². The van der Waals surface area contributed by atoms with Crippen molar-refractivity contribution in [3.05, 3.63) is 28.2 Å². The third-order valence-electron chi connectivity index (χ3n) is 2.31. The molecule has 1 aromatic carbocycles. The van der Waals surface area contributed by atoms with Crippen LogP contribution in [0.5, 0.6) is 0 Å². The summed E-state index contributed by atoms with van der Waals surface area (Å²) in [4.78, 5) is 1.41. The van der Waals surface area contributed by atoms with Crippen molar-refractivity contribution in [1.29, 1.82) is 0 Å². The predicted molar refractivity (Wildman–Crippen MR) is 62.3 cm³/mol. The summed E-state index contributed by atoms with van der Waals surface area (Å²) in [5, 5.41) is 0. The maximum atomic E-state index is 3.51. The Balaban J connectivity index is 1.98. The fourth-order valence-electron chi connectivity index (χ4n) is 1.21. The molecule has 0 atom stereocenters. The van der Waals surface area contributed by atoms with Crippen molar-refractivity contribution in [1.82, 2.24) is 0 Å². The number of hydrogen-bond donors (Lipinski definition) is 0. The van der Waals surface area contributed by atoms with Crippen LogP contribution in [0.25, 0.3) is 0 Å². The van der Waals surface area contributed by atoms with Crippen LogP contribution in [-0.2, 0) is 0 Å². The highest BCUT2D eigenvalue weighted by Crippen LogP contribution is 2.35.